The van der Waals surface area contributed by atoms with Crippen LogP contribution in [0.2, 0.25) is 0 Å². The predicted octanol–water partition coefficient (Wildman–Crippen LogP) is 2.18. The molecule has 1 aromatic carbocycles. The molecular weight excluding hydrogens is 258 g/mol. The number of rotatable bonds is 5. The monoisotopic (exact) mass is 269 g/mol. The molecule has 0 aliphatic carbocycles. The summed E-state index contributed by atoms with van der Waals surface area (Å²) in [7, 11) is 0. The van der Waals surface area contributed by atoms with E-state index in [1.165, 1.54) is 5.56 Å². The third kappa shape index (κ3) is 5.34. The normalized spacial score (nSPS) is 10.7. The summed E-state index contributed by atoms with van der Waals surface area (Å²) in [6, 6.07) is 7.98. The molecule has 0 fully saturated rings. The van der Waals surface area contributed by atoms with Crippen molar-refractivity contribution in [1.29, 1.82) is 0 Å². The lowest BCUT2D eigenvalue weighted by Gasteiger charge is -2.01. The number of hydrogen-bond donors (Lipinski definition) is 2. The number of nitrogens with one attached hydrogen (secondary N) is 1. The summed E-state index contributed by atoms with van der Waals surface area (Å²) in [6.07, 6.45) is 2.72. The van der Waals surface area contributed by atoms with Crippen LogP contribution in [-0.2, 0) is 11.3 Å². The average Bonchev–Trinajstić information content (AvgIpc) is 2.20. The van der Waals surface area contributed by atoms with Gasteiger partial charge >= 0.3 is 5.97 Å². The van der Waals surface area contributed by atoms with Crippen LogP contribution in [0, 0.1) is 0 Å². The first-order valence-electron chi connectivity index (χ1n) is 4.53. The van der Waals surface area contributed by atoms with E-state index in [1.54, 1.807) is 6.08 Å². The second-order valence-electron chi connectivity index (χ2n) is 3.00. The molecule has 15 heavy (non-hydrogen) atoms. The van der Waals surface area contributed by atoms with Crippen LogP contribution in [0.5, 0.6) is 0 Å². The van der Waals surface area contributed by atoms with E-state index in [4.69, 9.17) is 5.11 Å². The molecule has 4 heteroatoms. The minimum Gasteiger partial charge on any atom is -0.478 e. The van der Waals surface area contributed by atoms with Crippen molar-refractivity contribution in [2.75, 3.05) is 6.54 Å². The van der Waals surface area contributed by atoms with Crippen LogP contribution in [0.4, 0.5) is 0 Å². The SMILES string of the molecule is O=C(O)/C=C/CNCc1ccc(Br)cc1. The number of aliphatic carboxylic acids is 1. The number of halogens is 1. The summed E-state index contributed by atoms with van der Waals surface area (Å²) >= 11 is 3.36. The van der Waals surface area contributed by atoms with Crippen molar-refractivity contribution in [1.82, 2.24) is 5.32 Å². The zero-order chi connectivity index (χ0) is 11.1. The molecule has 0 spiro atoms. The molecule has 2 N–H and O–H groups in total. The Hall–Kier alpha value is -1.13. The first kappa shape index (κ1) is 11.9. The zero-order valence-electron chi connectivity index (χ0n) is 8.11. The van der Waals surface area contributed by atoms with Crippen LogP contribution in [0.25, 0.3) is 0 Å². The van der Waals surface area contributed by atoms with E-state index in [-0.39, 0.29) is 0 Å². The van der Waals surface area contributed by atoms with E-state index in [0.29, 0.717) is 6.54 Å². The minimum absolute atomic E-state index is 0.558. The summed E-state index contributed by atoms with van der Waals surface area (Å²) in [5.41, 5.74) is 1.17. The van der Waals surface area contributed by atoms with Gasteiger partial charge in [0.1, 0.15) is 0 Å². The third-order valence-electron chi connectivity index (χ3n) is 1.76. The van der Waals surface area contributed by atoms with E-state index in [9.17, 15) is 4.79 Å². The van der Waals surface area contributed by atoms with Gasteiger partial charge in [-0.3, -0.25) is 0 Å². The van der Waals surface area contributed by atoms with Crippen molar-refractivity contribution in [3.8, 4) is 0 Å². The molecule has 80 valence electrons. The fourth-order valence-corrected chi connectivity index (χ4v) is 1.33. The van der Waals surface area contributed by atoms with Crippen molar-refractivity contribution in [2.45, 2.75) is 6.54 Å². The number of benzene rings is 1. The molecule has 0 radical (unpaired) electrons. The smallest absolute Gasteiger partial charge is 0.328 e. The molecule has 0 atom stereocenters. The van der Waals surface area contributed by atoms with E-state index in [0.717, 1.165) is 17.1 Å². The second kappa shape index (κ2) is 6.37. The van der Waals surface area contributed by atoms with Crippen molar-refractivity contribution >= 4 is 21.9 Å². The lowest BCUT2D eigenvalue weighted by Crippen LogP contribution is -2.12. The van der Waals surface area contributed by atoms with E-state index in [1.807, 2.05) is 24.3 Å². The molecule has 0 aliphatic rings. The molecule has 3 nitrogen and oxygen atoms in total. The van der Waals surface area contributed by atoms with Gasteiger partial charge in [-0.05, 0) is 17.7 Å². The Morgan fingerprint density at radius 1 is 1.40 bits per heavy atom. The Kier molecular flexibility index (Phi) is 5.07. The fraction of sp³-hybridized carbons (Fsp3) is 0.182. The topological polar surface area (TPSA) is 49.3 Å². The maximum Gasteiger partial charge on any atom is 0.328 e. The molecule has 1 rings (SSSR count). The Bertz CT molecular complexity index is 346. The van der Waals surface area contributed by atoms with Gasteiger partial charge in [-0.15, -0.1) is 0 Å². The largest absolute Gasteiger partial charge is 0.478 e. The first-order valence-corrected chi connectivity index (χ1v) is 5.32. The summed E-state index contributed by atoms with van der Waals surface area (Å²) < 4.78 is 1.05. The van der Waals surface area contributed by atoms with Gasteiger partial charge in [0.15, 0.2) is 0 Å². The van der Waals surface area contributed by atoms with Crippen molar-refractivity contribution in [3.05, 3.63) is 46.5 Å². The molecule has 1 aromatic rings. The second-order valence-corrected chi connectivity index (χ2v) is 3.91. The highest BCUT2D eigenvalue weighted by Crippen LogP contribution is 2.09. The standard InChI is InChI=1S/C11H12BrNO2/c12-10-5-3-9(4-6-10)8-13-7-1-2-11(14)15/h1-6,13H,7-8H2,(H,14,15)/b2-1+. The van der Waals surface area contributed by atoms with Crippen LogP contribution in [0.3, 0.4) is 0 Å². The van der Waals surface area contributed by atoms with Gasteiger partial charge < -0.3 is 10.4 Å². The van der Waals surface area contributed by atoms with Gasteiger partial charge in [-0.1, -0.05) is 34.1 Å². The molecule has 0 bridgehead atoms. The number of hydrogen-bond acceptors (Lipinski definition) is 2. The molecular formula is C11H12BrNO2. The van der Waals surface area contributed by atoms with E-state index < -0.39 is 5.97 Å². The van der Waals surface area contributed by atoms with Crippen LogP contribution in [-0.4, -0.2) is 17.6 Å². The predicted molar refractivity (Wildman–Crippen MR) is 62.6 cm³/mol. The summed E-state index contributed by atoms with van der Waals surface area (Å²) in [5, 5.41) is 11.5. The fourth-order valence-electron chi connectivity index (χ4n) is 1.06. The Morgan fingerprint density at radius 3 is 2.67 bits per heavy atom. The van der Waals surface area contributed by atoms with Crippen LogP contribution >= 0.6 is 15.9 Å². The molecule has 0 amide bonds. The van der Waals surface area contributed by atoms with Crippen LogP contribution < -0.4 is 5.32 Å². The number of carboxylic acid groups (broad SMARTS) is 1. The van der Waals surface area contributed by atoms with E-state index in [2.05, 4.69) is 21.2 Å². The third-order valence-corrected chi connectivity index (χ3v) is 2.29. The van der Waals surface area contributed by atoms with Gasteiger partial charge in [0, 0.05) is 23.6 Å². The summed E-state index contributed by atoms with van der Waals surface area (Å²) in [6.45, 7) is 1.29. The number of carboxylic acids is 1. The lowest BCUT2D eigenvalue weighted by atomic mass is 10.2. The van der Waals surface area contributed by atoms with Crippen LogP contribution in [0.1, 0.15) is 5.56 Å². The van der Waals surface area contributed by atoms with Gasteiger partial charge in [0.05, 0.1) is 0 Å². The van der Waals surface area contributed by atoms with Gasteiger partial charge in [0.25, 0.3) is 0 Å². The van der Waals surface area contributed by atoms with Crippen LogP contribution in [0.15, 0.2) is 40.9 Å². The minimum atomic E-state index is -0.916. The van der Waals surface area contributed by atoms with E-state index >= 15 is 0 Å². The molecule has 0 aliphatic heterocycles. The Labute approximate surface area is 96.9 Å². The van der Waals surface area contributed by atoms with Gasteiger partial charge in [0.2, 0.25) is 0 Å². The zero-order valence-corrected chi connectivity index (χ0v) is 9.70. The highest BCUT2D eigenvalue weighted by Gasteiger charge is 1.91. The highest BCUT2D eigenvalue weighted by molar-refractivity contribution is 9.10. The average molecular weight is 270 g/mol. The summed E-state index contributed by atoms with van der Waals surface area (Å²) in [4.78, 5) is 10.2. The summed E-state index contributed by atoms with van der Waals surface area (Å²) in [5.74, 6) is -0.916. The molecule has 0 aromatic heterocycles. The highest BCUT2D eigenvalue weighted by atomic mass is 79.9. The molecule has 0 heterocycles. The Balaban J connectivity index is 2.26. The first-order chi connectivity index (χ1) is 7.18. The maximum atomic E-state index is 10.2. The number of carbonyl (C=O) groups is 1. The van der Waals surface area contributed by atoms with Crippen molar-refractivity contribution in [2.24, 2.45) is 0 Å². The van der Waals surface area contributed by atoms with Crippen molar-refractivity contribution in [3.63, 3.8) is 0 Å². The lowest BCUT2D eigenvalue weighted by molar-refractivity contribution is -0.131. The quantitative estimate of drug-likeness (QED) is 0.637. The van der Waals surface area contributed by atoms with Gasteiger partial charge in [-0.25, -0.2) is 4.79 Å². The maximum absolute atomic E-state index is 10.2. The van der Waals surface area contributed by atoms with Gasteiger partial charge in [-0.2, -0.15) is 0 Å². The molecule has 0 unspecified atom stereocenters. The Morgan fingerprint density at radius 2 is 2.07 bits per heavy atom. The molecule has 0 saturated carbocycles. The van der Waals surface area contributed by atoms with Crippen molar-refractivity contribution < 1.29 is 9.90 Å². The molecule has 0 saturated heterocycles.